The van der Waals surface area contributed by atoms with Crippen molar-refractivity contribution in [3.8, 4) is 5.75 Å². The van der Waals surface area contributed by atoms with Crippen molar-refractivity contribution >= 4 is 11.9 Å². The maximum absolute atomic E-state index is 12.1. The van der Waals surface area contributed by atoms with Gasteiger partial charge in [0.1, 0.15) is 5.75 Å². The smallest absolute Gasteiger partial charge is 0.310 e. The van der Waals surface area contributed by atoms with E-state index in [1.807, 2.05) is 19.1 Å². The number of ether oxygens (including phenoxy) is 2. The van der Waals surface area contributed by atoms with E-state index in [1.54, 1.807) is 0 Å². The van der Waals surface area contributed by atoms with Gasteiger partial charge >= 0.3 is 5.97 Å². The largest absolute Gasteiger partial charge is 0.493 e. The van der Waals surface area contributed by atoms with Gasteiger partial charge in [-0.3, -0.25) is 9.79 Å². The van der Waals surface area contributed by atoms with Crippen LogP contribution in [0.15, 0.2) is 29.3 Å². The van der Waals surface area contributed by atoms with Crippen LogP contribution in [-0.2, 0) is 9.53 Å². The molecule has 0 spiro atoms. The van der Waals surface area contributed by atoms with Gasteiger partial charge in [0, 0.05) is 32.1 Å². The SMILES string of the molecule is CCNC(=NCC1CCOc2ccccc21)N1CCCC(C(=O)OCC)C1. The van der Waals surface area contributed by atoms with E-state index in [2.05, 4.69) is 29.3 Å². The van der Waals surface area contributed by atoms with Crippen molar-refractivity contribution in [2.45, 2.75) is 39.0 Å². The molecule has 0 radical (unpaired) electrons. The number of rotatable bonds is 5. The van der Waals surface area contributed by atoms with Crippen LogP contribution < -0.4 is 10.1 Å². The Labute approximate surface area is 161 Å². The third-order valence-corrected chi connectivity index (χ3v) is 5.22. The Hall–Kier alpha value is -2.24. The molecule has 2 unspecified atom stereocenters. The van der Waals surface area contributed by atoms with Crippen LogP contribution in [0.3, 0.4) is 0 Å². The number of hydrogen-bond donors (Lipinski definition) is 1. The first-order valence-corrected chi connectivity index (χ1v) is 10.1. The maximum Gasteiger partial charge on any atom is 0.310 e. The van der Waals surface area contributed by atoms with Gasteiger partial charge in [0.05, 0.1) is 19.1 Å². The molecule has 6 nitrogen and oxygen atoms in total. The van der Waals surface area contributed by atoms with Gasteiger partial charge in [-0.2, -0.15) is 0 Å². The van der Waals surface area contributed by atoms with E-state index in [1.165, 1.54) is 5.56 Å². The van der Waals surface area contributed by atoms with Crippen molar-refractivity contribution < 1.29 is 14.3 Å². The summed E-state index contributed by atoms with van der Waals surface area (Å²) in [5.74, 6) is 2.10. The fourth-order valence-electron chi connectivity index (χ4n) is 3.85. The molecule has 2 heterocycles. The zero-order valence-electron chi connectivity index (χ0n) is 16.4. The van der Waals surface area contributed by atoms with Crippen LogP contribution in [0, 0.1) is 5.92 Å². The lowest BCUT2D eigenvalue weighted by molar-refractivity contribution is -0.149. The van der Waals surface area contributed by atoms with Crippen molar-refractivity contribution in [3.05, 3.63) is 29.8 Å². The van der Waals surface area contributed by atoms with Gasteiger partial charge in [-0.25, -0.2) is 0 Å². The number of piperidine rings is 1. The summed E-state index contributed by atoms with van der Waals surface area (Å²) >= 11 is 0. The van der Waals surface area contributed by atoms with Gasteiger partial charge < -0.3 is 19.7 Å². The van der Waals surface area contributed by atoms with E-state index < -0.39 is 0 Å². The number of para-hydroxylation sites is 1. The molecule has 0 amide bonds. The molecule has 148 valence electrons. The third-order valence-electron chi connectivity index (χ3n) is 5.22. The van der Waals surface area contributed by atoms with Gasteiger partial charge in [-0.05, 0) is 44.7 Å². The fourth-order valence-corrected chi connectivity index (χ4v) is 3.85. The molecular formula is C21H31N3O3. The maximum atomic E-state index is 12.1. The van der Waals surface area contributed by atoms with E-state index in [-0.39, 0.29) is 11.9 Å². The number of hydrogen-bond acceptors (Lipinski definition) is 4. The number of nitrogens with one attached hydrogen (secondary N) is 1. The average molecular weight is 373 g/mol. The predicted octanol–water partition coefficient (Wildman–Crippen LogP) is 2.79. The normalized spacial score (nSPS) is 22.6. The Morgan fingerprint density at radius 3 is 3.00 bits per heavy atom. The second-order valence-electron chi connectivity index (χ2n) is 7.10. The summed E-state index contributed by atoms with van der Waals surface area (Å²) in [6.45, 7) is 8.24. The van der Waals surface area contributed by atoms with Gasteiger partial charge in [0.15, 0.2) is 5.96 Å². The lowest BCUT2D eigenvalue weighted by atomic mass is 9.93. The molecule has 27 heavy (non-hydrogen) atoms. The Morgan fingerprint density at radius 1 is 1.33 bits per heavy atom. The van der Waals surface area contributed by atoms with E-state index in [4.69, 9.17) is 14.5 Å². The van der Waals surface area contributed by atoms with Crippen molar-refractivity contribution in [2.24, 2.45) is 10.9 Å². The summed E-state index contributed by atoms with van der Waals surface area (Å²) in [4.78, 5) is 19.3. The number of fused-ring (bicyclic) bond motifs is 1. The molecule has 0 aromatic heterocycles. The minimum atomic E-state index is -0.0867. The molecule has 3 rings (SSSR count). The summed E-state index contributed by atoms with van der Waals surface area (Å²) in [6.07, 6.45) is 2.85. The number of guanidine groups is 1. The summed E-state index contributed by atoms with van der Waals surface area (Å²) in [5, 5.41) is 3.40. The summed E-state index contributed by atoms with van der Waals surface area (Å²) in [5.41, 5.74) is 1.24. The molecule has 2 aliphatic heterocycles. The molecule has 2 atom stereocenters. The number of aliphatic imine (C=N–C) groups is 1. The first-order chi connectivity index (χ1) is 13.2. The van der Waals surface area contributed by atoms with E-state index >= 15 is 0 Å². The number of likely N-dealkylation sites (tertiary alicyclic amines) is 1. The molecule has 6 heteroatoms. The van der Waals surface area contributed by atoms with Crippen LogP contribution in [0.4, 0.5) is 0 Å². The summed E-state index contributed by atoms with van der Waals surface area (Å²) in [6, 6.07) is 8.24. The molecule has 1 fully saturated rings. The highest BCUT2D eigenvalue weighted by Crippen LogP contribution is 2.33. The van der Waals surface area contributed by atoms with Crippen molar-refractivity contribution in [2.75, 3.05) is 39.4 Å². The standard InChI is InChI=1S/C21H31N3O3/c1-3-22-21(24-12-7-8-17(15-24)20(25)26-4-2)23-14-16-11-13-27-19-10-6-5-9-18(16)19/h5-6,9-10,16-17H,3-4,7-8,11-15H2,1-2H3,(H,22,23). The lowest BCUT2D eigenvalue weighted by Gasteiger charge is -2.34. The van der Waals surface area contributed by atoms with Crippen LogP contribution >= 0.6 is 0 Å². The zero-order valence-corrected chi connectivity index (χ0v) is 16.4. The molecule has 1 saturated heterocycles. The van der Waals surface area contributed by atoms with Crippen LogP contribution in [0.2, 0.25) is 0 Å². The lowest BCUT2D eigenvalue weighted by Crippen LogP contribution is -2.48. The quantitative estimate of drug-likeness (QED) is 0.488. The monoisotopic (exact) mass is 373 g/mol. The highest BCUT2D eigenvalue weighted by atomic mass is 16.5. The highest BCUT2D eigenvalue weighted by Gasteiger charge is 2.29. The minimum absolute atomic E-state index is 0.0636. The van der Waals surface area contributed by atoms with E-state index in [0.29, 0.717) is 19.1 Å². The Balaban J connectivity index is 1.69. The van der Waals surface area contributed by atoms with Crippen molar-refractivity contribution in [1.29, 1.82) is 0 Å². The van der Waals surface area contributed by atoms with Crippen molar-refractivity contribution in [1.82, 2.24) is 10.2 Å². The molecule has 0 bridgehead atoms. The zero-order chi connectivity index (χ0) is 19.1. The van der Waals surface area contributed by atoms with Gasteiger partial charge in [-0.1, -0.05) is 18.2 Å². The first kappa shape index (κ1) is 19.5. The van der Waals surface area contributed by atoms with Crippen molar-refractivity contribution in [3.63, 3.8) is 0 Å². The van der Waals surface area contributed by atoms with Crippen LogP contribution in [0.5, 0.6) is 5.75 Å². The average Bonchev–Trinajstić information content (AvgIpc) is 2.71. The number of esters is 1. The molecule has 1 aromatic rings. The minimum Gasteiger partial charge on any atom is -0.493 e. The molecular weight excluding hydrogens is 342 g/mol. The Bertz CT molecular complexity index is 662. The number of carbonyl (C=O) groups is 1. The molecule has 2 aliphatic rings. The molecule has 0 saturated carbocycles. The topological polar surface area (TPSA) is 63.2 Å². The molecule has 1 N–H and O–H groups in total. The Morgan fingerprint density at radius 2 is 2.19 bits per heavy atom. The number of benzene rings is 1. The van der Waals surface area contributed by atoms with E-state index in [0.717, 1.165) is 57.2 Å². The Kier molecular flexibility index (Phi) is 6.96. The van der Waals surface area contributed by atoms with Crippen LogP contribution in [0.1, 0.15) is 44.6 Å². The van der Waals surface area contributed by atoms with E-state index in [9.17, 15) is 4.79 Å². The number of carbonyl (C=O) groups excluding carboxylic acids is 1. The highest BCUT2D eigenvalue weighted by molar-refractivity contribution is 5.81. The van der Waals surface area contributed by atoms with Crippen LogP contribution in [0.25, 0.3) is 0 Å². The van der Waals surface area contributed by atoms with Gasteiger partial charge in [-0.15, -0.1) is 0 Å². The fraction of sp³-hybridized carbons (Fsp3) is 0.619. The van der Waals surface area contributed by atoms with Gasteiger partial charge in [0.25, 0.3) is 0 Å². The summed E-state index contributed by atoms with van der Waals surface area (Å²) in [7, 11) is 0. The molecule has 0 aliphatic carbocycles. The summed E-state index contributed by atoms with van der Waals surface area (Å²) < 4.78 is 11.0. The first-order valence-electron chi connectivity index (χ1n) is 10.1. The predicted molar refractivity (Wildman–Crippen MR) is 106 cm³/mol. The second-order valence-corrected chi connectivity index (χ2v) is 7.10. The second kappa shape index (κ2) is 9.62. The molecule has 1 aromatic carbocycles. The third kappa shape index (κ3) is 4.93. The van der Waals surface area contributed by atoms with Crippen LogP contribution in [-0.4, -0.2) is 56.2 Å². The van der Waals surface area contributed by atoms with Gasteiger partial charge in [0.2, 0.25) is 0 Å². The number of nitrogens with zero attached hydrogens (tertiary/aromatic N) is 2.